The normalized spacial score (nSPS) is 21.7. The molecule has 0 aromatic carbocycles. The number of nitrogens with zero attached hydrogens (tertiary/aromatic N) is 4. The molecule has 1 fully saturated rings. The van der Waals surface area contributed by atoms with Crippen LogP contribution in [-0.4, -0.2) is 35.9 Å². The molecule has 2 heterocycles. The zero-order valence-corrected chi connectivity index (χ0v) is 13.5. The lowest BCUT2D eigenvalue weighted by molar-refractivity contribution is 0.434. The molecule has 112 valence electrons. The van der Waals surface area contributed by atoms with E-state index in [-0.39, 0.29) is 0 Å². The number of aromatic nitrogens is 2. The van der Waals surface area contributed by atoms with Gasteiger partial charge in [0, 0.05) is 24.6 Å². The van der Waals surface area contributed by atoms with Crippen molar-refractivity contribution >= 4 is 17.6 Å². The van der Waals surface area contributed by atoms with Crippen LogP contribution in [0.25, 0.3) is 4.85 Å². The van der Waals surface area contributed by atoms with Gasteiger partial charge in [-0.05, 0) is 44.8 Å². The largest absolute Gasteiger partial charge is 0.356 e. The maximum atomic E-state index is 7.10. The predicted octanol–water partition coefficient (Wildman–Crippen LogP) is 3.21. The van der Waals surface area contributed by atoms with E-state index in [1.54, 1.807) is 11.8 Å². The lowest BCUT2D eigenvalue weighted by Gasteiger charge is -2.34. The van der Waals surface area contributed by atoms with Gasteiger partial charge in [0.2, 0.25) is 6.54 Å². The Labute approximate surface area is 131 Å². The summed E-state index contributed by atoms with van der Waals surface area (Å²) in [6.45, 7) is 9.82. The Morgan fingerprint density at radius 2 is 2.14 bits per heavy atom. The van der Waals surface area contributed by atoms with E-state index >= 15 is 0 Å². The Morgan fingerprint density at radius 3 is 2.95 bits per heavy atom. The van der Waals surface area contributed by atoms with Crippen LogP contribution in [0.4, 0.5) is 5.82 Å². The van der Waals surface area contributed by atoms with E-state index in [1.807, 2.05) is 6.26 Å². The summed E-state index contributed by atoms with van der Waals surface area (Å²) in [4.78, 5) is 15.6. The molecular weight excluding hydrogens is 280 g/mol. The van der Waals surface area contributed by atoms with Crippen LogP contribution in [0.2, 0.25) is 0 Å². The maximum absolute atomic E-state index is 7.10. The van der Waals surface area contributed by atoms with Crippen molar-refractivity contribution in [2.45, 2.75) is 43.7 Å². The molecule has 5 heteroatoms. The van der Waals surface area contributed by atoms with E-state index in [0.717, 1.165) is 31.1 Å². The third kappa shape index (κ3) is 3.16. The Balaban J connectivity index is 1.91. The first kappa shape index (κ1) is 14.6. The third-order valence-electron chi connectivity index (χ3n) is 4.49. The lowest BCUT2D eigenvalue weighted by Crippen LogP contribution is -2.38. The summed E-state index contributed by atoms with van der Waals surface area (Å²) in [6.07, 6.45) is 9.11. The van der Waals surface area contributed by atoms with Crippen LogP contribution in [0.3, 0.4) is 0 Å². The van der Waals surface area contributed by atoms with Crippen molar-refractivity contribution in [1.29, 1.82) is 0 Å². The number of hydrogen-bond donors (Lipinski definition) is 0. The van der Waals surface area contributed by atoms with Crippen LogP contribution >= 0.6 is 11.8 Å². The molecule has 21 heavy (non-hydrogen) atoms. The second kappa shape index (κ2) is 6.65. The van der Waals surface area contributed by atoms with Crippen molar-refractivity contribution in [1.82, 2.24) is 9.97 Å². The van der Waals surface area contributed by atoms with Crippen LogP contribution in [0, 0.1) is 12.5 Å². The van der Waals surface area contributed by atoms with E-state index in [2.05, 4.69) is 9.74 Å². The summed E-state index contributed by atoms with van der Waals surface area (Å²) in [5.74, 6) is 1.67. The second-order valence-electron chi connectivity index (χ2n) is 5.96. The number of thioether (sulfide) groups is 1. The van der Waals surface area contributed by atoms with Gasteiger partial charge in [-0.15, -0.1) is 0 Å². The van der Waals surface area contributed by atoms with E-state index in [1.165, 1.54) is 42.8 Å². The van der Waals surface area contributed by atoms with Crippen LogP contribution in [0.5, 0.6) is 0 Å². The van der Waals surface area contributed by atoms with Crippen molar-refractivity contribution in [3.05, 3.63) is 22.7 Å². The number of piperidine rings is 1. The molecule has 0 N–H and O–H groups in total. The van der Waals surface area contributed by atoms with Crippen LogP contribution in [-0.2, 0) is 12.8 Å². The van der Waals surface area contributed by atoms with Crippen molar-refractivity contribution in [3.8, 4) is 0 Å². The number of fused-ring (bicyclic) bond motifs is 1. The highest BCUT2D eigenvalue weighted by Gasteiger charge is 2.27. The minimum absolute atomic E-state index is 0.503. The Kier molecular flexibility index (Phi) is 4.64. The SMILES string of the molecule is [C-]#[N+]C[C@@H]1CCCN(c2nc(SC)nc3c2CCCC3)C1. The standard InChI is InChI=1S/C16H22N4S/c1-17-10-12-6-5-9-20(11-12)15-13-7-3-4-8-14(13)18-16(19-15)21-2/h12H,3-11H2,2H3/t12-/m0/s1. The van der Waals surface area contributed by atoms with E-state index < -0.39 is 0 Å². The molecule has 0 unspecified atom stereocenters. The van der Waals surface area contributed by atoms with Gasteiger partial charge in [-0.1, -0.05) is 11.8 Å². The smallest absolute Gasteiger partial charge is 0.219 e. The highest BCUT2D eigenvalue weighted by molar-refractivity contribution is 7.98. The zero-order chi connectivity index (χ0) is 14.7. The minimum Gasteiger partial charge on any atom is -0.356 e. The first-order chi connectivity index (χ1) is 10.3. The van der Waals surface area contributed by atoms with Gasteiger partial charge in [0.1, 0.15) is 5.82 Å². The molecule has 4 nitrogen and oxygen atoms in total. The molecule has 2 aliphatic rings. The summed E-state index contributed by atoms with van der Waals surface area (Å²) >= 11 is 1.63. The number of rotatable bonds is 3. The van der Waals surface area contributed by atoms with Gasteiger partial charge in [0.25, 0.3) is 0 Å². The lowest BCUT2D eigenvalue weighted by atomic mass is 9.94. The number of anilines is 1. The summed E-state index contributed by atoms with van der Waals surface area (Å²) < 4.78 is 0. The molecule has 1 aliphatic carbocycles. The molecule has 1 aromatic rings. The van der Waals surface area contributed by atoms with Gasteiger partial charge in [-0.25, -0.2) is 16.5 Å². The molecule has 3 rings (SSSR count). The fraction of sp³-hybridized carbons (Fsp3) is 0.688. The first-order valence-electron chi connectivity index (χ1n) is 7.83. The Hall–Kier alpha value is -1.28. The molecule has 1 saturated heterocycles. The van der Waals surface area contributed by atoms with Crippen LogP contribution in [0.15, 0.2) is 5.16 Å². The zero-order valence-electron chi connectivity index (χ0n) is 12.6. The average molecular weight is 302 g/mol. The molecular formula is C16H22N4S. The monoisotopic (exact) mass is 302 g/mol. The number of hydrogen-bond acceptors (Lipinski definition) is 4. The molecule has 0 radical (unpaired) electrons. The van der Waals surface area contributed by atoms with E-state index in [9.17, 15) is 0 Å². The van der Waals surface area contributed by atoms with Gasteiger partial charge >= 0.3 is 0 Å². The van der Waals surface area contributed by atoms with Crippen molar-refractivity contribution in [2.24, 2.45) is 5.92 Å². The van der Waals surface area contributed by atoms with Gasteiger partial charge in [0.15, 0.2) is 5.16 Å². The van der Waals surface area contributed by atoms with Crippen LogP contribution in [0.1, 0.15) is 36.9 Å². The number of aryl methyl sites for hydroxylation is 1. The quantitative estimate of drug-likeness (QED) is 0.488. The predicted molar refractivity (Wildman–Crippen MR) is 86.9 cm³/mol. The summed E-state index contributed by atoms with van der Waals surface area (Å²) in [5.41, 5.74) is 2.64. The summed E-state index contributed by atoms with van der Waals surface area (Å²) in [7, 11) is 0. The third-order valence-corrected chi connectivity index (χ3v) is 5.04. The summed E-state index contributed by atoms with van der Waals surface area (Å²) in [6, 6.07) is 0. The van der Waals surface area contributed by atoms with E-state index in [4.69, 9.17) is 16.5 Å². The highest BCUT2D eigenvalue weighted by atomic mass is 32.2. The molecule has 0 bridgehead atoms. The van der Waals surface area contributed by atoms with E-state index in [0.29, 0.717) is 12.5 Å². The van der Waals surface area contributed by atoms with Crippen molar-refractivity contribution < 1.29 is 0 Å². The fourth-order valence-electron chi connectivity index (χ4n) is 3.44. The Bertz CT molecular complexity index is 552. The molecule has 1 aromatic heterocycles. The molecule has 1 atom stereocenters. The molecule has 0 saturated carbocycles. The average Bonchev–Trinajstić information content (AvgIpc) is 2.54. The van der Waals surface area contributed by atoms with Gasteiger partial charge in [0.05, 0.1) is 5.69 Å². The van der Waals surface area contributed by atoms with Crippen LogP contribution < -0.4 is 4.90 Å². The first-order valence-corrected chi connectivity index (χ1v) is 9.06. The Morgan fingerprint density at radius 1 is 1.29 bits per heavy atom. The highest BCUT2D eigenvalue weighted by Crippen LogP contribution is 2.32. The van der Waals surface area contributed by atoms with Gasteiger partial charge in [-0.3, -0.25) is 0 Å². The topological polar surface area (TPSA) is 33.4 Å². The van der Waals surface area contributed by atoms with Gasteiger partial charge in [-0.2, -0.15) is 0 Å². The molecule has 0 amide bonds. The maximum Gasteiger partial charge on any atom is 0.219 e. The summed E-state index contributed by atoms with van der Waals surface area (Å²) in [5, 5.41) is 0.901. The van der Waals surface area contributed by atoms with Crippen molar-refractivity contribution in [2.75, 3.05) is 30.8 Å². The molecule has 1 aliphatic heterocycles. The van der Waals surface area contributed by atoms with Crippen molar-refractivity contribution in [3.63, 3.8) is 0 Å². The molecule has 0 spiro atoms. The second-order valence-corrected chi connectivity index (χ2v) is 6.73. The fourth-order valence-corrected chi connectivity index (χ4v) is 3.82. The minimum atomic E-state index is 0.503. The van der Waals surface area contributed by atoms with Gasteiger partial charge < -0.3 is 9.74 Å².